The molecule has 0 bridgehead atoms. The Kier molecular flexibility index (Phi) is 3.23. The molecule has 2 heterocycles. The van der Waals surface area contributed by atoms with Gasteiger partial charge in [-0.1, -0.05) is 0 Å². The fourth-order valence-electron chi connectivity index (χ4n) is 2.43. The number of rotatable bonds is 2. The lowest BCUT2D eigenvalue weighted by Crippen LogP contribution is -2.44. The van der Waals surface area contributed by atoms with Crippen LogP contribution in [0.3, 0.4) is 0 Å². The zero-order valence-electron chi connectivity index (χ0n) is 11.3. The standard InChI is InChI=1S/C14H16N4O2/c1-16-6-8-17(9-7-16)14-5-2-11-10-12(18(19)20)3-4-13(11)15-14/h2-5,10H,6-9H2,1H3. The summed E-state index contributed by atoms with van der Waals surface area (Å²) in [6.45, 7) is 3.98. The molecule has 2 aromatic rings. The Bertz CT molecular complexity index is 651. The molecule has 3 rings (SSSR count). The first kappa shape index (κ1) is 12.8. The number of nitro groups is 1. The van der Waals surface area contributed by atoms with Gasteiger partial charge in [-0.2, -0.15) is 0 Å². The van der Waals surface area contributed by atoms with E-state index in [9.17, 15) is 10.1 Å². The molecule has 20 heavy (non-hydrogen) atoms. The molecule has 0 spiro atoms. The summed E-state index contributed by atoms with van der Waals surface area (Å²) in [5, 5.41) is 11.6. The van der Waals surface area contributed by atoms with Gasteiger partial charge in [0.2, 0.25) is 0 Å². The Hall–Kier alpha value is -2.21. The lowest BCUT2D eigenvalue weighted by molar-refractivity contribution is -0.384. The molecule has 0 unspecified atom stereocenters. The van der Waals surface area contributed by atoms with Gasteiger partial charge in [0.15, 0.2) is 0 Å². The van der Waals surface area contributed by atoms with Crippen molar-refractivity contribution in [1.29, 1.82) is 0 Å². The number of nitrogens with zero attached hydrogens (tertiary/aromatic N) is 4. The fourth-order valence-corrected chi connectivity index (χ4v) is 2.43. The van der Waals surface area contributed by atoms with Crippen molar-refractivity contribution >= 4 is 22.4 Å². The first-order chi connectivity index (χ1) is 9.63. The van der Waals surface area contributed by atoms with E-state index in [1.54, 1.807) is 12.1 Å². The van der Waals surface area contributed by atoms with Crippen molar-refractivity contribution in [2.75, 3.05) is 38.1 Å². The van der Waals surface area contributed by atoms with Crippen LogP contribution in [0.5, 0.6) is 0 Å². The Balaban J connectivity index is 1.91. The van der Waals surface area contributed by atoms with Gasteiger partial charge in [0.25, 0.3) is 5.69 Å². The molecule has 6 heteroatoms. The van der Waals surface area contributed by atoms with Crippen molar-refractivity contribution in [3.63, 3.8) is 0 Å². The molecule has 1 saturated heterocycles. The Labute approximate surface area is 116 Å². The van der Waals surface area contributed by atoms with Gasteiger partial charge < -0.3 is 9.80 Å². The van der Waals surface area contributed by atoms with Crippen LogP contribution >= 0.6 is 0 Å². The number of nitro benzene ring substituents is 1. The normalized spacial score (nSPS) is 16.6. The van der Waals surface area contributed by atoms with Crippen molar-refractivity contribution < 1.29 is 4.92 Å². The van der Waals surface area contributed by atoms with Gasteiger partial charge in [0, 0.05) is 43.7 Å². The van der Waals surface area contributed by atoms with Crippen molar-refractivity contribution in [2.24, 2.45) is 0 Å². The number of benzene rings is 1. The van der Waals surface area contributed by atoms with Crippen LogP contribution in [0.1, 0.15) is 0 Å². The smallest absolute Gasteiger partial charge is 0.270 e. The summed E-state index contributed by atoms with van der Waals surface area (Å²) < 4.78 is 0. The van der Waals surface area contributed by atoms with E-state index in [0.29, 0.717) is 0 Å². The molecule has 0 N–H and O–H groups in total. The second-order valence-corrected chi connectivity index (χ2v) is 5.09. The van der Waals surface area contributed by atoms with Crippen LogP contribution < -0.4 is 4.90 Å². The maximum atomic E-state index is 10.8. The number of aromatic nitrogens is 1. The fraction of sp³-hybridized carbons (Fsp3) is 0.357. The van der Waals surface area contributed by atoms with Crippen molar-refractivity contribution in [1.82, 2.24) is 9.88 Å². The van der Waals surface area contributed by atoms with E-state index in [1.165, 1.54) is 6.07 Å². The maximum absolute atomic E-state index is 10.8. The number of anilines is 1. The zero-order valence-corrected chi connectivity index (χ0v) is 11.3. The zero-order chi connectivity index (χ0) is 14.1. The van der Waals surface area contributed by atoms with Crippen LogP contribution in [-0.4, -0.2) is 48.0 Å². The van der Waals surface area contributed by atoms with Crippen LogP contribution in [0.15, 0.2) is 30.3 Å². The number of piperazine rings is 1. The van der Waals surface area contributed by atoms with E-state index in [4.69, 9.17) is 0 Å². The molecule has 0 aliphatic carbocycles. The van der Waals surface area contributed by atoms with Crippen LogP contribution in [-0.2, 0) is 0 Å². The third kappa shape index (κ3) is 2.42. The molecule has 1 aromatic heterocycles. The lowest BCUT2D eigenvalue weighted by atomic mass is 10.2. The van der Waals surface area contributed by atoms with Crippen LogP contribution in [0, 0.1) is 10.1 Å². The molecule has 0 saturated carbocycles. The number of likely N-dealkylation sites (N-methyl/N-ethyl adjacent to an activating group) is 1. The number of pyridine rings is 1. The SMILES string of the molecule is CN1CCN(c2ccc3cc([N+](=O)[O-])ccc3n2)CC1. The summed E-state index contributed by atoms with van der Waals surface area (Å²) in [6.07, 6.45) is 0. The molecule has 1 fully saturated rings. The minimum atomic E-state index is -0.381. The Morgan fingerprint density at radius 2 is 1.90 bits per heavy atom. The molecular formula is C14H16N4O2. The maximum Gasteiger partial charge on any atom is 0.270 e. The van der Waals surface area contributed by atoms with Crippen molar-refractivity contribution in [3.05, 3.63) is 40.4 Å². The minimum absolute atomic E-state index is 0.103. The van der Waals surface area contributed by atoms with Crippen molar-refractivity contribution in [3.8, 4) is 0 Å². The summed E-state index contributed by atoms with van der Waals surface area (Å²) in [5.74, 6) is 0.944. The molecule has 1 aromatic carbocycles. The lowest BCUT2D eigenvalue weighted by Gasteiger charge is -2.33. The molecule has 0 amide bonds. The topological polar surface area (TPSA) is 62.5 Å². The van der Waals surface area contributed by atoms with Crippen LogP contribution in [0.25, 0.3) is 10.9 Å². The molecular weight excluding hydrogens is 256 g/mol. The second kappa shape index (κ2) is 5.05. The molecule has 104 valence electrons. The van der Waals surface area contributed by atoms with E-state index < -0.39 is 0 Å². The van der Waals surface area contributed by atoms with Gasteiger partial charge in [-0.25, -0.2) is 4.98 Å². The highest BCUT2D eigenvalue weighted by atomic mass is 16.6. The average Bonchev–Trinajstić information content (AvgIpc) is 2.47. The summed E-state index contributed by atoms with van der Waals surface area (Å²) >= 11 is 0. The second-order valence-electron chi connectivity index (χ2n) is 5.09. The quantitative estimate of drug-likeness (QED) is 0.617. The van der Waals surface area contributed by atoms with Gasteiger partial charge >= 0.3 is 0 Å². The summed E-state index contributed by atoms with van der Waals surface area (Å²) in [4.78, 5) is 19.5. The molecule has 1 aliphatic heterocycles. The molecule has 0 radical (unpaired) electrons. The third-order valence-electron chi connectivity index (χ3n) is 3.70. The minimum Gasteiger partial charge on any atom is -0.354 e. The predicted octanol–water partition coefficient (Wildman–Crippen LogP) is 1.89. The first-order valence-electron chi connectivity index (χ1n) is 6.62. The average molecular weight is 272 g/mol. The van der Waals surface area contributed by atoms with Gasteiger partial charge in [0.05, 0.1) is 10.4 Å². The summed E-state index contributed by atoms with van der Waals surface area (Å²) in [7, 11) is 2.12. The number of hydrogen-bond acceptors (Lipinski definition) is 5. The number of hydrogen-bond donors (Lipinski definition) is 0. The third-order valence-corrected chi connectivity index (χ3v) is 3.70. The Morgan fingerprint density at radius 1 is 1.15 bits per heavy atom. The van der Waals surface area contributed by atoms with Gasteiger partial charge in [-0.3, -0.25) is 10.1 Å². The number of non-ortho nitro benzene ring substituents is 1. The highest BCUT2D eigenvalue weighted by molar-refractivity contribution is 5.82. The van der Waals surface area contributed by atoms with Crippen LogP contribution in [0.4, 0.5) is 11.5 Å². The number of fused-ring (bicyclic) bond motifs is 1. The molecule has 0 atom stereocenters. The highest BCUT2D eigenvalue weighted by Gasteiger charge is 2.16. The monoisotopic (exact) mass is 272 g/mol. The van der Waals surface area contributed by atoms with Gasteiger partial charge in [-0.05, 0) is 25.2 Å². The molecule has 6 nitrogen and oxygen atoms in total. The van der Waals surface area contributed by atoms with E-state index in [0.717, 1.165) is 42.9 Å². The van der Waals surface area contributed by atoms with E-state index in [1.807, 2.05) is 12.1 Å². The first-order valence-corrected chi connectivity index (χ1v) is 6.62. The predicted molar refractivity (Wildman–Crippen MR) is 78.1 cm³/mol. The summed E-state index contributed by atoms with van der Waals surface area (Å²) in [6, 6.07) is 8.63. The molecule has 1 aliphatic rings. The van der Waals surface area contributed by atoms with E-state index in [-0.39, 0.29) is 10.6 Å². The van der Waals surface area contributed by atoms with E-state index in [2.05, 4.69) is 21.8 Å². The largest absolute Gasteiger partial charge is 0.354 e. The Morgan fingerprint density at radius 3 is 2.60 bits per heavy atom. The van der Waals surface area contributed by atoms with E-state index >= 15 is 0 Å². The van der Waals surface area contributed by atoms with Gasteiger partial charge in [0.1, 0.15) is 5.82 Å². The van der Waals surface area contributed by atoms with Crippen LogP contribution in [0.2, 0.25) is 0 Å². The highest BCUT2D eigenvalue weighted by Crippen LogP contribution is 2.23. The summed E-state index contributed by atoms with van der Waals surface area (Å²) in [5.41, 5.74) is 0.902. The van der Waals surface area contributed by atoms with Crippen molar-refractivity contribution in [2.45, 2.75) is 0 Å². The van der Waals surface area contributed by atoms with Gasteiger partial charge in [-0.15, -0.1) is 0 Å².